The van der Waals surface area contributed by atoms with Crippen LogP contribution in [0.15, 0.2) is 6.07 Å². The van der Waals surface area contributed by atoms with Gasteiger partial charge in [-0.15, -0.1) is 0 Å². The largest absolute Gasteiger partial charge is 0.367 e. The second-order valence-corrected chi connectivity index (χ2v) is 8.15. The van der Waals surface area contributed by atoms with E-state index in [-0.39, 0.29) is 12.0 Å². The van der Waals surface area contributed by atoms with Gasteiger partial charge in [0.15, 0.2) is 0 Å². The molecule has 2 atom stereocenters. The van der Waals surface area contributed by atoms with E-state index in [9.17, 15) is 13.6 Å². The van der Waals surface area contributed by atoms with E-state index in [0.29, 0.717) is 24.1 Å². The van der Waals surface area contributed by atoms with Crippen molar-refractivity contribution in [2.24, 2.45) is 11.8 Å². The van der Waals surface area contributed by atoms with Crippen LogP contribution < -0.4 is 5.32 Å². The zero-order valence-electron chi connectivity index (χ0n) is 15.3. The van der Waals surface area contributed by atoms with Crippen molar-refractivity contribution in [1.29, 1.82) is 0 Å². The van der Waals surface area contributed by atoms with Gasteiger partial charge in [-0.25, -0.2) is 13.5 Å². The molecule has 1 saturated carbocycles. The van der Waals surface area contributed by atoms with Crippen LogP contribution in [-0.4, -0.2) is 46.1 Å². The van der Waals surface area contributed by atoms with Crippen LogP contribution in [0.4, 0.5) is 14.6 Å². The maximum Gasteiger partial charge on any atom is 0.260 e. The van der Waals surface area contributed by atoms with E-state index in [0.717, 1.165) is 44.5 Å². The van der Waals surface area contributed by atoms with Crippen molar-refractivity contribution in [3.8, 4) is 0 Å². The lowest BCUT2D eigenvalue weighted by Gasteiger charge is -2.41. The van der Waals surface area contributed by atoms with Gasteiger partial charge in [0.25, 0.3) is 6.43 Å². The summed E-state index contributed by atoms with van der Waals surface area (Å²) in [6.45, 7) is 3.35. The van der Waals surface area contributed by atoms with Crippen LogP contribution in [0, 0.1) is 18.8 Å². The minimum absolute atomic E-state index is 0.0290. The third-order valence-corrected chi connectivity index (χ3v) is 6.42. The number of nitrogens with zero attached hydrogens (tertiary/aromatic N) is 3. The monoisotopic (exact) mass is 366 g/mol. The molecular weight excluding hydrogens is 338 g/mol. The normalized spacial score (nSPS) is 27.6. The SMILES string of the molecule is Cc1cc2n(n1)[C@@H](C(F)F)C[C@@H](C1CCN(C(=O)C3CCCC3)CC1)N2. The number of aryl methyl sites for hydroxylation is 1. The maximum absolute atomic E-state index is 13.5. The summed E-state index contributed by atoms with van der Waals surface area (Å²) in [4.78, 5) is 14.6. The van der Waals surface area contributed by atoms with E-state index in [1.165, 1.54) is 17.5 Å². The number of piperidine rings is 1. The number of carbonyl (C=O) groups excluding carboxylic acids is 1. The Labute approximate surface area is 153 Å². The molecule has 144 valence electrons. The van der Waals surface area contributed by atoms with Crippen LogP contribution in [-0.2, 0) is 4.79 Å². The van der Waals surface area contributed by atoms with E-state index in [2.05, 4.69) is 10.4 Å². The molecule has 26 heavy (non-hydrogen) atoms. The van der Waals surface area contributed by atoms with Crippen molar-refractivity contribution in [3.63, 3.8) is 0 Å². The second kappa shape index (κ2) is 7.16. The van der Waals surface area contributed by atoms with Crippen molar-refractivity contribution in [2.75, 3.05) is 18.4 Å². The molecule has 1 amide bonds. The summed E-state index contributed by atoms with van der Waals surface area (Å²) in [5.74, 6) is 1.57. The fourth-order valence-corrected chi connectivity index (χ4v) is 4.96. The van der Waals surface area contributed by atoms with Gasteiger partial charge < -0.3 is 10.2 Å². The first-order chi connectivity index (χ1) is 12.5. The Hall–Kier alpha value is -1.66. The fourth-order valence-electron chi connectivity index (χ4n) is 4.96. The third-order valence-electron chi connectivity index (χ3n) is 6.42. The van der Waals surface area contributed by atoms with Crippen molar-refractivity contribution in [2.45, 2.75) is 70.4 Å². The lowest BCUT2D eigenvalue weighted by molar-refractivity contribution is -0.136. The van der Waals surface area contributed by atoms with Crippen molar-refractivity contribution >= 4 is 11.7 Å². The predicted molar refractivity (Wildman–Crippen MR) is 95.3 cm³/mol. The molecule has 5 nitrogen and oxygen atoms in total. The Morgan fingerprint density at radius 2 is 1.92 bits per heavy atom. The number of aromatic nitrogens is 2. The molecule has 1 saturated heterocycles. The highest BCUT2D eigenvalue weighted by molar-refractivity contribution is 5.79. The number of anilines is 1. The third kappa shape index (κ3) is 3.32. The van der Waals surface area contributed by atoms with Crippen LogP contribution in [0.5, 0.6) is 0 Å². The lowest BCUT2D eigenvalue weighted by atomic mass is 9.84. The zero-order chi connectivity index (χ0) is 18.3. The molecule has 7 heteroatoms. The number of amides is 1. The average molecular weight is 366 g/mol. The number of fused-ring (bicyclic) bond motifs is 1. The van der Waals surface area contributed by atoms with E-state index in [4.69, 9.17) is 0 Å². The molecule has 2 fully saturated rings. The molecule has 1 N–H and O–H groups in total. The van der Waals surface area contributed by atoms with Crippen LogP contribution in [0.3, 0.4) is 0 Å². The quantitative estimate of drug-likeness (QED) is 0.889. The van der Waals surface area contributed by atoms with Gasteiger partial charge in [0.1, 0.15) is 11.9 Å². The van der Waals surface area contributed by atoms with E-state index in [1.54, 1.807) is 0 Å². The standard InChI is InChI=1S/C19H28F2N4O/c1-12-10-17-22-15(11-16(18(20)21)25(17)23-12)13-6-8-24(9-7-13)19(26)14-4-2-3-5-14/h10,13-16,18,22H,2-9,11H2,1H3/t15-,16+/m0/s1. The molecule has 3 heterocycles. The van der Waals surface area contributed by atoms with Gasteiger partial charge in [-0.05, 0) is 44.9 Å². The second-order valence-electron chi connectivity index (χ2n) is 8.15. The molecule has 0 unspecified atom stereocenters. The summed E-state index contributed by atoms with van der Waals surface area (Å²) in [7, 11) is 0. The Morgan fingerprint density at radius 3 is 2.58 bits per heavy atom. The Bertz CT molecular complexity index is 648. The van der Waals surface area contributed by atoms with Crippen LogP contribution in [0.1, 0.15) is 56.7 Å². The summed E-state index contributed by atoms with van der Waals surface area (Å²) >= 11 is 0. The summed E-state index contributed by atoms with van der Waals surface area (Å²) in [6.07, 6.45) is 4.15. The summed E-state index contributed by atoms with van der Waals surface area (Å²) in [5.41, 5.74) is 0.760. The Morgan fingerprint density at radius 1 is 1.23 bits per heavy atom. The highest BCUT2D eigenvalue weighted by atomic mass is 19.3. The molecule has 2 aliphatic heterocycles. The molecule has 0 spiro atoms. The topological polar surface area (TPSA) is 50.2 Å². The average Bonchev–Trinajstić information content (AvgIpc) is 3.28. The highest BCUT2D eigenvalue weighted by Gasteiger charge is 2.39. The minimum atomic E-state index is -2.42. The minimum Gasteiger partial charge on any atom is -0.367 e. The van der Waals surface area contributed by atoms with Crippen molar-refractivity contribution < 1.29 is 13.6 Å². The number of alkyl halides is 2. The first kappa shape index (κ1) is 17.7. The summed E-state index contributed by atoms with van der Waals surface area (Å²) < 4.78 is 28.5. The maximum atomic E-state index is 13.5. The first-order valence-corrected chi connectivity index (χ1v) is 9.92. The van der Waals surface area contributed by atoms with Gasteiger partial charge in [0.2, 0.25) is 5.91 Å². The number of rotatable bonds is 3. The van der Waals surface area contributed by atoms with Crippen molar-refractivity contribution in [1.82, 2.24) is 14.7 Å². The van der Waals surface area contributed by atoms with Crippen LogP contribution in [0.25, 0.3) is 0 Å². The van der Waals surface area contributed by atoms with E-state index in [1.807, 2.05) is 17.9 Å². The summed E-state index contributed by atoms with van der Waals surface area (Å²) in [6, 6.07) is 1.02. The smallest absolute Gasteiger partial charge is 0.260 e. The molecule has 3 aliphatic rings. The highest BCUT2D eigenvalue weighted by Crippen LogP contribution is 2.37. The molecule has 1 aromatic heterocycles. The van der Waals surface area contributed by atoms with Gasteiger partial charge in [-0.1, -0.05) is 12.8 Å². The molecule has 0 radical (unpaired) electrons. The lowest BCUT2D eigenvalue weighted by Crippen LogP contribution is -2.47. The van der Waals surface area contributed by atoms with Gasteiger partial charge in [0.05, 0.1) is 5.69 Å². The van der Waals surface area contributed by atoms with Crippen LogP contribution >= 0.6 is 0 Å². The number of nitrogens with one attached hydrogen (secondary N) is 1. The van der Waals surface area contributed by atoms with Gasteiger partial charge in [-0.2, -0.15) is 5.10 Å². The molecular formula is C19H28F2N4O. The number of likely N-dealkylation sites (tertiary alicyclic amines) is 1. The van der Waals surface area contributed by atoms with E-state index < -0.39 is 12.5 Å². The Balaban J connectivity index is 1.39. The number of hydrogen-bond acceptors (Lipinski definition) is 3. The molecule has 0 bridgehead atoms. The molecule has 1 aliphatic carbocycles. The molecule has 0 aromatic carbocycles. The zero-order valence-corrected chi connectivity index (χ0v) is 15.3. The fraction of sp³-hybridized carbons (Fsp3) is 0.789. The first-order valence-electron chi connectivity index (χ1n) is 9.92. The molecule has 4 rings (SSSR count). The van der Waals surface area contributed by atoms with Crippen molar-refractivity contribution in [3.05, 3.63) is 11.8 Å². The Kier molecular flexibility index (Phi) is 4.88. The number of halogens is 2. The van der Waals surface area contributed by atoms with Gasteiger partial charge in [0, 0.05) is 31.1 Å². The van der Waals surface area contributed by atoms with Crippen LogP contribution in [0.2, 0.25) is 0 Å². The van der Waals surface area contributed by atoms with Gasteiger partial charge in [-0.3, -0.25) is 4.79 Å². The summed E-state index contributed by atoms with van der Waals surface area (Å²) in [5, 5.41) is 7.67. The van der Waals surface area contributed by atoms with E-state index >= 15 is 0 Å². The molecule has 1 aromatic rings. The number of carbonyl (C=O) groups is 1. The predicted octanol–water partition coefficient (Wildman–Crippen LogP) is 3.61. The number of hydrogen-bond donors (Lipinski definition) is 1. The van der Waals surface area contributed by atoms with Gasteiger partial charge >= 0.3 is 0 Å².